The van der Waals surface area contributed by atoms with Crippen LogP contribution in [-0.4, -0.2) is 10.8 Å². The van der Waals surface area contributed by atoms with Crippen LogP contribution < -0.4 is 5.32 Å². The molecular formula is C19H14N2O3. The van der Waals surface area contributed by atoms with Crippen molar-refractivity contribution in [3.8, 4) is 11.1 Å². The van der Waals surface area contributed by atoms with Crippen molar-refractivity contribution in [3.63, 3.8) is 0 Å². The number of amides is 1. The van der Waals surface area contributed by atoms with Crippen molar-refractivity contribution >= 4 is 17.3 Å². The topological polar surface area (TPSA) is 72.2 Å². The van der Waals surface area contributed by atoms with Gasteiger partial charge in [-0.05, 0) is 35.4 Å². The molecular weight excluding hydrogens is 304 g/mol. The number of nitrogens with zero attached hydrogens (tertiary/aromatic N) is 1. The van der Waals surface area contributed by atoms with Gasteiger partial charge in [0, 0.05) is 11.6 Å². The van der Waals surface area contributed by atoms with Gasteiger partial charge in [-0.15, -0.1) is 0 Å². The Balaban J connectivity index is 1.98. The SMILES string of the molecule is O=C(Nc1cc(-c2ccccc2)ccc1[N+](=O)[O-])c1ccccc1. The highest BCUT2D eigenvalue weighted by molar-refractivity contribution is 6.05. The Morgan fingerprint density at radius 1 is 0.833 bits per heavy atom. The van der Waals surface area contributed by atoms with Gasteiger partial charge in [0.15, 0.2) is 0 Å². The van der Waals surface area contributed by atoms with Gasteiger partial charge in [0.1, 0.15) is 5.69 Å². The molecule has 3 aromatic carbocycles. The fraction of sp³-hybridized carbons (Fsp3) is 0. The molecule has 118 valence electrons. The van der Waals surface area contributed by atoms with Crippen LogP contribution in [0.25, 0.3) is 11.1 Å². The van der Waals surface area contributed by atoms with Crippen LogP contribution in [0.15, 0.2) is 78.9 Å². The van der Waals surface area contributed by atoms with E-state index in [9.17, 15) is 14.9 Å². The third-order valence-corrected chi connectivity index (χ3v) is 3.58. The number of hydrogen-bond acceptors (Lipinski definition) is 3. The van der Waals surface area contributed by atoms with Crippen molar-refractivity contribution in [3.05, 3.63) is 94.5 Å². The Hall–Kier alpha value is -3.47. The first-order valence-corrected chi connectivity index (χ1v) is 7.35. The van der Waals surface area contributed by atoms with Crippen LogP contribution in [0, 0.1) is 10.1 Å². The van der Waals surface area contributed by atoms with Crippen LogP contribution in [0.2, 0.25) is 0 Å². The van der Waals surface area contributed by atoms with Crippen molar-refractivity contribution in [2.75, 3.05) is 5.32 Å². The molecule has 3 rings (SSSR count). The van der Waals surface area contributed by atoms with E-state index in [1.807, 2.05) is 30.3 Å². The molecule has 0 atom stereocenters. The van der Waals surface area contributed by atoms with Crippen LogP contribution in [0.4, 0.5) is 11.4 Å². The number of nitro benzene ring substituents is 1. The number of carbonyl (C=O) groups excluding carboxylic acids is 1. The van der Waals surface area contributed by atoms with E-state index in [4.69, 9.17) is 0 Å². The number of carbonyl (C=O) groups is 1. The van der Waals surface area contributed by atoms with E-state index < -0.39 is 4.92 Å². The lowest BCUT2D eigenvalue weighted by Crippen LogP contribution is -2.13. The maximum absolute atomic E-state index is 12.3. The molecule has 1 amide bonds. The van der Waals surface area contributed by atoms with Gasteiger partial charge in [-0.1, -0.05) is 48.5 Å². The van der Waals surface area contributed by atoms with E-state index in [0.29, 0.717) is 5.56 Å². The average Bonchev–Trinajstić information content (AvgIpc) is 2.63. The molecule has 5 nitrogen and oxygen atoms in total. The molecule has 1 N–H and O–H groups in total. The summed E-state index contributed by atoms with van der Waals surface area (Å²) in [5, 5.41) is 13.9. The maximum Gasteiger partial charge on any atom is 0.292 e. The Labute approximate surface area is 138 Å². The molecule has 0 radical (unpaired) electrons. The number of anilines is 1. The van der Waals surface area contributed by atoms with Crippen LogP contribution in [0.3, 0.4) is 0 Å². The zero-order valence-electron chi connectivity index (χ0n) is 12.7. The molecule has 0 heterocycles. The first-order valence-electron chi connectivity index (χ1n) is 7.35. The largest absolute Gasteiger partial charge is 0.316 e. The molecule has 24 heavy (non-hydrogen) atoms. The van der Waals surface area contributed by atoms with Crippen LogP contribution >= 0.6 is 0 Å². The van der Waals surface area contributed by atoms with E-state index in [0.717, 1.165) is 11.1 Å². The van der Waals surface area contributed by atoms with E-state index >= 15 is 0 Å². The smallest absolute Gasteiger partial charge is 0.292 e. The summed E-state index contributed by atoms with van der Waals surface area (Å²) in [6, 6.07) is 22.8. The van der Waals surface area contributed by atoms with Gasteiger partial charge in [-0.25, -0.2) is 0 Å². The summed E-state index contributed by atoms with van der Waals surface area (Å²) in [6.07, 6.45) is 0. The molecule has 0 saturated carbocycles. The van der Waals surface area contributed by atoms with Crippen molar-refractivity contribution in [1.82, 2.24) is 0 Å². The standard InChI is InChI=1S/C19H14N2O3/c22-19(15-9-5-2-6-10-15)20-17-13-16(11-12-18(17)21(23)24)14-7-3-1-4-8-14/h1-13H,(H,20,22). The monoisotopic (exact) mass is 318 g/mol. The summed E-state index contributed by atoms with van der Waals surface area (Å²) in [5.41, 5.74) is 2.19. The third kappa shape index (κ3) is 3.30. The summed E-state index contributed by atoms with van der Waals surface area (Å²) in [5.74, 6) is -0.385. The average molecular weight is 318 g/mol. The van der Waals surface area contributed by atoms with Gasteiger partial charge < -0.3 is 5.32 Å². The highest BCUT2D eigenvalue weighted by Crippen LogP contribution is 2.30. The van der Waals surface area contributed by atoms with Gasteiger partial charge >= 0.3 is 0 Å². The third-order valence-electron chi connectivity index (χ3n) is 3.58. The van der Waals surface area contributed by atoms with Crippen molar-refractivity contribution in [1.29, 1.82) is 0 Å². The first kappa shape index (κ1) is 15.4. The van der Waals surface area contributed by atoms with Gasteiger partial charge in [0.2, 0.25) is 0 Å². The molecule has 0 aliphatic rings. The molecule has 3 aromatic rings. The molecule has 0 bridgehead atoms. The predicted octanol–water partition coefficient (Wildman–Crippen LogP) is 4.51. The second-order valence-electron chi connectivity index (χ2n) is 5.18. The van der Waals surface area contributed by atoms with Crippen molar-refractivity contribution < 1.29 is 9.72 Å². The minimum absolute atomic E-state index is 0.140. The minimum atomic E-state index is -0.505. The molecule has 0 saturated heterocycles. The predicted molar refractivity (Wildman–Crippen MR) is 92.9 cm³/mol. The quantitative estimate of drug-likeness (QED) is 0.568. The molecule has 0 aliphatic heterocycles. The molecule has 0 aliphatic carbocycles. The normalized spacial score (nSPS) is 10.2. The lowest BCUT2D eigenvalue weighted by atomic mass is 10.0. The number of nitro groups is 1. The zero-order valence-corrected chi connectivity index (χ0v) is 12.7. The lowest BCUT2D eigenvalue weighted by Gasteiger charge is -2.09. The Morgan fingerprint density at radius 2 is 1.46 bits per heavy atom. The Bertz CT molecular complexity index is 878. The zero-order chi connectivity index (χ0) is 16.9. The van der Waals surface area contributed by atoms with E-state index in [1.165, 1.54) is 6.07 Å². The maximum atomic E-state index is 12.3. The molecule has 0 aromatic heterocycles. The number of nitrogens with one attached hydrogen (secondary N) is 1. The number of hydrogen-bond donors (Lipinski definition) is 1. The highest BCUT2D eigenvalue weighted by atomic mass is 16.6. The van der Waals surface area contributed by atoms with Crippen LogP contribution in [0.1, 0.15) is 10.4 Å². The lowest BCUT2D eigenvalue weighted by molar-refractivity contribution is -0.383. The second kappa shape index (κ2) is 6.75. The minimum Gasteiger partial charge on any atom is -0.316 e. The summed E-state index contributed by atoms with van der Waals surface area (Å²) in [4.78, 5) is 23.0. The van der Waals surface area contributed by atoms with Crippen LogP contribution in [-0.2, 0) is 0 Å². The van der Waals surface area contributed by atoms with E-state index in [2.05, 4.69) is 5.32 Å². The first-order chi connectivity index (χ1) is 11.6. The van der Waals surface area contributed by atoms with Crippen molar-refractivity contribution in [2.24, 2.45) is 0 Å². The number of rotatable bonds is 4. The van der Waals surface area contributed by atoms with Gasteiger partial charge in [-0.3, -0.25) is 14.9 Å². The van der Waals surface area contributed by atoms with E-state index in [1.54, 1.807) is 42.5 Å². The van der Waals surface area contributed by atoms with Gasteiger partial charge in [0.25, 0.3) is 11.6 Å². The molecule has 5 heteroatoms. The van der Waals surface area contributed by atoms with Crippen molar-refractivity contribution in [2.45, 2.75) is 0 Å². The summed E-state index contributed by atoms with van der Waals surface area (Å²) in [7, 11) is 0. The Kier molecular flexibility index (Phi) is 4.34. The van der Waals surface area contributed by atoms with E-state index in [-0.39, 0.29) is 17.3 Å². The number of benzene rings is 3. The fourth-order valence-electron chi connectivity index (χ4n) is 2.39. The molecule has 0 fully saturated rings. The summed E-state index contributed by atoms with van der Waals surface area (Å²) in [6.45, 7) is 0. The second-order valence-corrected chi connectivity index (χ2v) is 5.18. The van der Waals surface area contributed by atoms with Crippen LogP contribution in [0.5, 0.6) is 0 Å². The molecule has 0 spiro atoms. The van der Waals surface area contributed by atoms with Gasteiger partial charge in [-0.2, -0.15) is 0 Å². The fourth-order valence-corrected chi connectivity index (χ4v) is 2.39. The highest BCUT2D eigenvalue weighted by Gasteiger charge is 2.17. The molecule has 0 unspecified atom stereocenters. The summed E-state index contributed by atoms with van der Waals surface area (Å²) < 4.78 is 0. The summed E-state index contributed by atoms with van der Waals surface area (Å²) >= 11 is 0. The van der Waals surface area contributed by atoms with Gasteiger partial charge in [0.05, 0.1) is 4.92 Å². The Morgan fingerprint density at radius 3 is 2.08 bits per heavy atom.